The number of hydrogen-bond acceptors (Lipinski definition) is 6. The lowest BCUT2D eigenvalue weighted by atomic mass is 9.68. The van der Waals surface area contributed by atoms with Crippen LogP contribution in [0, 0.1) is 5.41 Å². The third-order valence-corrected chi connectivity index (χ3v) is 5.96. The molecule has 6 nitrogen and oxygen atoms in total. The molecule has 0 fully saturated rings. The molecule has 0 bridgehead atoms. The Morgan fingerprint density at radius 2 is 1.73 bits per heavy atom. The van der Waals surface area contributed by atoms with Gasteiger partial charge in [-0.25, -0.2) is 4.79 Å². The van der Waals surface area contributed by atoms with E-state index in [-0.39, 0.29) is 34.9 Å². The Morgan fingerprint density at radius 3 is 2.40 bits per heavy atom. The van der Waals surface area contributed by atoms with Gasteiger partial charge in [0.1, 0.15) is 18.1 Å². The van der Waals surface area contributed by atoms with E-state index in [1.165, 1.54) is 13.8 Å². The molecule has 2 aliphatic rings. The molecule has 1 aromatic carbocycles. The van der Waals surface area contributed by atoms with Gasteiger partial charge in [0.15, 0.2) is 11.6 Å². The fraction of sp³-hybridized carbons (Fsp3) is 0.333. The monoisotopic (exact) mass is 408 g/mol. The highest BCUT2D eigenvalue weighted by Crippen LogP contribution is 2.40. The summed E-state index contributed by atoms with van der Waals surface area (Å²) in [5, 5.41) is 0. The van der Waals surface area contributed by atoms with Crippen molar-refractivity contribution in [2.45, 2.75) is 41.0 Å². The molecule has 6 heteroatoms. The Kier molecular flexibility index (Phi) is 5.61. The number of fused-ring (bicyclic) bond motifs is 1. The van der Waals surface area contributed by atoms with Crippen molar-refractivity contribution < 1.29 is 28.7 Å². The highest BCUT2D eigenvalue weighted by molar-refractivity contribution is 6.39. The van der Waals surface area contributed by atoms with E-state index < -0.39 is 17.2 Å². The normalized spacial score (nSPS) is 18.0. The van der Waals surface area contributed by atoms with Gasteiger partial charge in [0.2, 0.25) is 0 Å². The first-order chi connectivity index (χ1) is 14.1. The van der Waals surface area contributed by atoms with Gasteiger partial charge >= 0.3 is 5.97 Å². The van der Waals surface area contributed by atoms with Gasteiger partial charge in [-0.2, -0.15) is 0 Å². The summed E-state index contributed by atoms with van der Waals surface area (Å²) in [6.07, 6.45) is 3.92. The summed E-state index contributed by atoms with van der Waals surface area (Å²) in [5.74, 6) is -1.91. The number of esters is 1. The van der Waals surface area contributed by atoms with Crippen molar-refractivity contribution in [3.8, 4) is 11.5 Å². The topological polar surface area (TPSA) is 86.7 Å². The van der Waals surface area contributed by atoms with E-state index in [1.54, 1.807) is 39.0 Å². The lowest BCUT2D eigenvalue weighted by molar-refractivity contribution is -0.151. The second kappa shape index (κ2) is 7.86. The summed E-state index contributed by atoms with van der Waals surface area (Å²) in [4.78, 5) is 51.4. The van der Waals surface area contributed by atoms with Crippen LogP contribution >= 0.6 is 0 Å². The summed E-state index contributed by atoms with van der Waals surface area (Å²) in [6.45, 7) is 8.28. The largest absolute Gasteiger partial charge is 0.489 e. The van der Waals surface area contributed by atoms with E-state index in [2.05, 4.69) is 0 Å². The van der Waals surface area contributed by atoms with Crippen molar-refractivity contribution in [3.63, 3.8) is 0 Å². The molecule has 0 amide bonds. The van der Waals surface area contributed by atoms with E-state index >= 15 is 0 Å². The first-order valence-corrected chi connectivity index (χ1v) is 9.80. The quantitative estimate of drug-likeness (QED) is 0.319. The SMILES string of the molecule is CCC(C)(C(=O)C(=O)Oc1ccc2c(c1)OCC=C2)C1=C(C)C(=O)C(C)=C(C)C1=O. The Bertz CT molecular complexity index is 1070. The molecule has 0 saturated carbocycles. The van der Waals surface area contributed by atoms with Crippen LogP contribution in [0.15, 0.2) is 46.6 Å². The van der Waals surface area contributed by atoms with Gasteiger partial charge in [-0.15, -0.1) is 0 Å². The minimum absolute atomic E-state index is 0.0685. The van der Waals surface area contributed by atoms with Crippen LogP contribution in [0.4, 0.5) is 0 Å². The van der Waals surface area contributed by atoms with Crippen LogP contribution in [0.1, 0.15) is 46.6 Å². The Balaban J connectivity index is 1.92. The first-order valence-electron chi connectivity index (χ1n) is 9.80. The molecule has 1 aromatic rings. The van der Waals surface area contributed by atoms with Gasteiger partial charge in [0, 0.05) is 33.9 Å². The fourth-order valence-electron chi connectivity index (χ4n) is 3.74. The van der Waals surface area contributed by atoms with Gasteiger partial charge in [-0.1, -0.05) is 13.0 Å². The molecule has 1 aliphatic carbocycles. The predicted molar refractivity (Wildman–Crippen MR) is 111 cm³/mol. The van der Waals surface area contributed by atoms with Gasteiger partial charge in [-0.05, 0) is 52.3 Å². The van der Waals surface area contributed by atoms with Crippen molar-refractivity contribution >= 4 is 29.4 Å². The summed E-state index contributed by atoms with van der Waals surface area (Å²) < 4.78 is 10.8. The van der Waals surface area contributed by atoms with Crippen LogP contribution in [0.3, 0.4) is 0 Å². The van der Waals surface area contributed by atoms with Crippen molar-refractivity contribution in [3.05, 3.63) is 52.1 Å². The molecule has 1 atom stereocenters. The minimum atomic E-state index is -1.47. The van der Waals surface area contributed by atoms with Crippen LogP contribution in [-0.2, 0) is 19.2 Å². The van der Waals surface area contributed by atoms with Crippen molar-refractivity contribution in [2.75, 3.05) is 6.61 Å². The highest BCUT2D eigenvalue weighted by Gasteiger charge is 2.47. The number of rotatable bonds is 5. The number of benzene rings is 1. The number of allylic oxidation sites excluding steroid dienone is 4. The molecule has 0 radical (unpaired) electrons. The maximum Gasteiger partial charge on any atom is 0.380 e. The first kappa shape index (κ1) is 21.4. The number of Topliss-reactive ketones (excluding diaryl/α,β-unsaturated/α-hetero) is 3. The molecule has 1 aliphatic heterocycles. The second-order valence-corrected chi connectivity index (χ2v) is 7.73. The summed E-state index contributed by atoms with van der Waals surface area (Å²) in [6, 6.07) is 4.84. The van der Waals surface area contributed by atoms with E-state index in [0.29, 0.717) is 23.5 Å². The average Bonchev–Trinajstić information content (AvgIpc) is 2.75. The zero-order valence-corrected chi connectivity index (χ0v) is 17.8. The van der Waals surface area contributed by atoms with Gasteiger partial charge in [0.05, 0.1) is 5.41 Å². The highest BCUT2D eigenvalue weighted by atomic mass is 16.5. The second-order valence-electron chi connectivity index (χ2n) is 7.73. The summed E-state index contributed by atoms with van der Waals surface area (Å²) in [5.41, 5.74) is 0.291. The molecule has 3 rings (SSSR count). The zero-order chi connectivity index (χ0) is 22.2. The van der Waals surface area contributed by atoms with Crippen LogP contribution < -0.4 is 9.47 Å². The maximum atomic E-state index is 13.1. The molecule has 0 spiro atoms. The number of carbonyl (C=O) groups is 4. The van der Waals surface area contributed by atoms with E-state index in [9.17, 15) is 19.2 Å². The average molecular weight is 408 g/mol. The smallest absolute Gasteiger partial charge is 0.380 e. The molecule has 0 N–H and O–H groups in total. The van der Waals surface area contributed by atoms with Gasteiger partial charge in [-0.3, -0.25) is 14.4 Å². The van der Waals surface area contributed by atoms with Crippen LogP contribution in [0.25, 0.3) is 6.08 Å². The van der Waals surface area contributed by atoms with E-state index in [4.69, 9.17) is 9.47 Å². The summed E-state index contributed by atoms with van der Waals surface area (Å²) in [7, 11) is 0. The lowest BCUT2D eigenvalue weighted by Crippen LogP contribution is -2.42. The summed E-state index contributed by atoms with van der Waals surface area (Å²) >= 11 is 0. The van der Waals surface area contributed by atoms with E-state index in [1.807, 2.05) is 12.2 Å². The standard InChI is InChI=1S/C24H24O6/c1-6-24(5,19-15(4)20(25)13(2)14(3)21(19)26)22(27)23(28)30-17-10-9-16-8-7-11-29-18(16)12-17/h7-10,12H,6,11H2,1-5H3. The fourth-order valence-corrected chi connectivity index (χ4v) is 3.74. The van der Waals surface area contributed by atoms with Crippen molar-refractivity contribution in [1.82, 2.24) is 0 Å². The molecule has 1 heterocycles. The number of hydrogen-bond donors (Lipinski definition) is 0. The minimum Gasteiger partial charge on any atom is -0.489 e. The Morgan fingerprint density at radius 1 is 1.07 bits per heavy atom. The lowest BCUT2D eigenvalue weighted by Gasteiger charge is -2.32. The molecule has 1 unspecified atom stereocenters. The molecular weight excluding hydrogens is 384 g/mol. The maximum absolute atomic E-state index is 13.1. The molecular formula is C24H24O6. The van der Waals surface area contributed by atoms with Crippen LogP contribution in [0.2, 0.25) is 0 Å². The van der Waals surface area contributed by atoms with Crippen LogP contribution in [-0.4, -0.2) is 29.9 Å². The number of carbonyl (C=O) groups excluding carboxylic acids is 4. The van der Waals surface area contributed by atoms with Gasteiger partial charge in [0.25, 0.3) is 5.78 Å². The number of ketones is 3. The van der Waals surface area contributed by atoms with Crippen molar-refractivity contribution in [1.29, 1.82) is 0 Å². The van der Waals surface area contributed by atoms with Crippen LogP contribution in [0.5, 0.6) is 11.5 Å². The predicted octanol–water partition coefficient (Wildman–Crippen LogP) is 3.79. The molecule has 0 aromatic heterocycles. The van der Waals surface area contributed by atoms with Crippen molar-refractivity contribution in [2.24, 2.45) is 5.41 Å². The Hall–Kier alpha value is -3.28. The third kappa shape index (κ3) is 3.43. The van der Waals surface area contributed by atoms with Gasteiger partial charge < -0.3 is 9.47 Å². The third-order valence-electron chi connectivity index (χ3n) is 5.96. The molecule has 30 heavy (non-hydrogen) atoms. The molecule has 156 valence electrons. The number of ether oxygens (including phenoxy) is 2. The molecule has 0 saturated heterocycles. The Labute approximate surface area is 175 Å². The van der Waals surface area contributed by atoms with E-state index in [0.717, 1.165) is 5.56 Å². The zero-order valence-electron chi connectivity index (χ0n) is 17.8.